The molecule has 1 heterocycles. The zero-order valence-corrected chi connectivity index (χ0v) is 14.6. The van der Waals surface area contributed by atoms with Crippen molar-refractivity contribution in [3.8, 4) is 5.75 Å². The molecule has 1 fully saturated rings. The lowest BCUT2D eigenvalue weighted by molar-refractivity contribution is 0.0341. The Morgan fingerprint density at radius 1 is 0.958 bits per heavy atom. The zero-order chi connectivity index (χ0) is 15.6. The summed E-state index contributed by atoms with van der Waals surface area (Å²) in [6.45, 7) is 4.49. The third-order valence-electron chi connectivity index (χ3n) is 4.66. The van der Waals surface area contributed by atoms with Gasteiger partial charge in [-0.05, 0) is 39.7 Å². The molecule has 3 aromatic carbocycles. The molecule has 0 bridgehead atoms. The minimum atomic E-state index is 0. The number of nitrogens with zero attached hydrogens (tertiary/aromatic N) is 1. The van der Waals surface area contributed by atoms with Crippen LogP contribution >= 0.6 is 12.4 Å². The Labute approximate surface area is 148 Å². The predicted octanol–water partition coefficient (Wildman–Crippen LogP) is 4.26. The largest absolute Gasteiger partial charge is 0.496 e. The summed E-state index contributed by atoms with van der Waals surface area (Å²) in [6.07, 6.45) is 0. The summed E-state index contributed by atoms with van der Waals surface area (Å²) in [7, 11) is 1.75. The van der Waals surface area contributed by atoms with E-state index in [0.717, 1.165) is 38.6 Å². The van der Waals surface area contributed by atoms with Crippen molar-refractivity contribution in [2.45, 2.75) is 6.54 Å². The molecule has 0 aromatic heterocycles. The maximum atomic E-state index is 5.65. The van der Waals surface area contributed by atoms with Crippen molar-refractivity contribution in [3.05, 3.63) is 54.1 Å². The average Bonchev–Trinajstić information content (AvgIpc) is 2.61. The highest BCUT2D eigenvalue weighted by Crippen LogP contribution is 2.32. The Morgan fingerprint density at radius 2 is 1.67 bits per heavy atom. The van der Waals surface area contributed by atoms with Crippen LogP contribution in [-0.4, -0.2) is 38.3 Å². The van der Waals surface area contributed by atoms with Crippen LogP contribution in [-0.2, 0) is 11.3 Å². The maximum absolute atomic E-state index is 5.65. The second-order valence-electron chi connectivity index (χ2n) is 6.06. The van der Waals surface area contributed by atoms with Gasteiger partial charge in [0, 0.05) is 25.2 Å². The van der Waals surface area contributed by atoms with E-state index < -0.39 is 0 Å². The van der Waals surface area contributed by atoms with Gasteiger partial charge in [-0.25, -0.2) is 0 Å². The number of benzene rings is 3. The molecule has 126 valence electrons. The van der Waals surface area contributed by atoms with E-state index in [2.05, 4.69) is 53.4 Å². The first kappa shape index (κ1) is 17.0. The summed E-state index contributed by atoms with van der Waals surface area (Å²) in [4.78, 5) is 2.44. The molecule has 1 aliphatic rings. The van der Waals surface area contributed by atoms with Crippen LogP contribution in [0.2, 0.25) is 0 Å². The summed E-state index contributed by atoms with van der Waals surface area (Å²) in [5.74, 6) is 0.972. The summed E-state index contributed by atoms with van der Waals surface area (Å²) >= 11 is 0. The van der Waals surface area contributed by atoms with Gasteiger partial charge in [-0.2, -0.15) is 0 Å². The van der Waals surface area contributed by atoms with Gasteiger partial charge in [0.25, 0.3) is 0 Å². The minimum absolute atomic E-state index is 0. The average molecular weight is 344 g/mol. The first-order chi connectivity index (χ1) is 11.3. The van der Waals surface area contributed by atoms with Gasteiger partial charge in [-0.15, -0.1) is 12.4 Å². The van der Waals surface area contributed by atoms with Crippen LogP contribution in [0.4, 0.5) is 0 Å². The Bertz CT molecular complexity index is 844. The minimum Gasteiger partial charge on any atom is -0.496 e. The van der Waals surface area contributed by atoms with E-state index in [1.54, 1.807) is 7.11 Å². The molecule has 3 aromatic rings. The zero-order valence-electron chi connectivity index (χ0n) is 13.8. The predicted molar refractivity (Wildman–Crippen MR) is 101 cm³/mol. The lowest BCUT2D eigenvalue weighted by Crippen LogP contribution is -2.35. The van der Waals surface area contributed by atoms with Gasteiger partial charge >= 0.3 is 0 Å². The SMILES string of the molecule is COc1ccc2cc3ccccc3cc2c1CN1CCOCC1.Cl. The van der Waals surface area contributed by atoms with Gasteiger partial charge < -0.3 is 9.47 Å². The van der Waals surface area contributed by atoms with Crippen LogP contribution in [0.3, 0.4) is 0 Å². The van der Waals surface area contributed by atoms with Crippen LogP contribution in [0, 0.1) is 0 Å². The second-order valence-corrected chi connectivity index (χ2v) is 6.06. The molecule has 4 rings (SSSR count). The van der Waals surface area contributed by atoms with E-state index in [0.29, 0.717) is 0 Å². The van der Waals surface area contributed by atoms with Crippen LogP contribution in [0.25, 0.3) is 21.5 Å². The quantitative estimate of drug-likeness (QED) is 0.663. The van der Waals surface area contributed by atoms with E-state index in [-0.39, 0.29) is 12.4 Å². The van der Waals surface area contributed by atoms with E-state index in [4.69, 9.17) is 9.47 Å². The Morgan fingerprint density at radius 3 is 2.38 bits per heavy atom. The van der Waals surface area contributed by atoms with Gasteiger partial charge in [0.15, 0.2) is 0 Å². The highest BCUT2D eigenvalue weighted by atomic mass is 35.5. The normalized spacial score (nSPS) is 15.4. The van der Waals surface area contributed by atoms with Crippen molar-refractivity contribution in [1.82, 2.24) is 4.90 Å². The molecular weight excluding hydrogens is 322 g/mol. The van der Waals surface area contributed by atoms with Crippen molar-refractivity contribution in [2.24, 2.45) is 0 Å². The fourth-order valence-corrected chi connectivity index (χ4v) is 3.39. The van der Waals surface area contributed by atoms with Crippen molar-refractivity contribution >= 4 is 34.0 Å². The Balaban J connectivity index is 0.00000169. The smallest absolute Gasteiger partial charge is 0.123 e. The summed E-state index contributed by atoms with van der Waals surface area (Å²) < 4.78 is 11.1. The molecule has 1 aliphatic heterocycles. The number of ether oxygens (including phenoxy) is 2. The maximum Gasteiger partial charge on any atom is 0.123 e. The van der Waals surface area contributed by atoms with Crippen molar-refractivity contribution in [3.63, 3.8) is 0 Å². The lowest BCUT2D eigenvalue weighted by atomic mass is 9.98. The van der Waals surface area contributed by atoms with Crippen LogP contribution in [0.1, 0.15) is 5.56 Å². The lowest BCUT2D eigenvalue weighted by Gasteiger charge is -2.27. The number of hydrogen-bond donors (Lipinski definition) is 0. The van der Waals surface area contributed by atoms with Gasteiger partial charge in [-0.1, -0.05) is 30.3 Å². The fraction of sp³-hybridized carbons (Fsp3) is 0.300. The number of halogens is 1. The molecule has 0 N–H and O–H groups in total. The standard InChI is InChI=1S/C20H21NO2.ClH/c1-22-20-7-6-17-12-15-4-2-3-5-16(15)13-18(17)19(20)14-21-8-10-23-11-9-21;/h2-7,12-13H,8-11,14H2,1H3;1H. The number of rotatable bonds is 3. The molecule has 0 radical (unpaired) electrons. The van der Waals surface area contributed by atoms with Gasteiger partial charge in [0.2, 0.25) is 0 Å². The fourth-order valence-electron chi connectivity index (χ4n) is 3.39. The first-order valence-corrected chi connectivity index (χ1v) is 8.13. The number of morpholine rings is 1. The van der Waals surface area contributed by atoms with Gasteiger partial charge in [0.1, 0.15) is 5.75 Å². The van der Waals surface area contributed by atoms with Crippen LogP contribution in [0.15, 0.2) is 48.5 Å². The molecular formula is C20H22ClNO2. The first-order valence-electron chi connectivity index (χ1n) is 8.13. The summed E-state index contributed by atoms with van der Waals surface area (Å²) in [5.41, 5.74) is 1.28. The monoisotopic (exact) mass is 343 g/mol. The van der Waals surface area contributed by atoms with E-state index in [1.807, 2.05) is 0 Å². The summed E-state index contributed by atoms with van der Waals surface area (Å²) in [6, 6.07) is 17.3. The molecule has 0 aliphatic carbocycles. The van der Waals surface area contributed by atoms with E-state index >= 15 is 0 Å². The number of fused-ring (bicyclic) bond motifs is 2. The second kappa shape index (κ2) is 7.39. The van der Waals surface area contributed by atoms with Crippen LogP contribution in [0.5, 0.6) is 5.75 Å². The van der Waals surface area contributed by atoms with Gasteiger partial charge in [-0.3, -0.25) is 4.90 Å². The number of hydrogen-bond acceptors (Lipinski definition) is 3. The molecule has 0 spiro atoms. The third kappa shape index (κ3) is 3.20. The van der Waals surface area contributed by atoms with Gasteiger partial charge in [0.05, 0.1) is 20.3 Å². The summed E-state index contributed by atoms with van der Waals surface area (Å²) in [5, 5.41) is 5.11. The topological polar surface area (TPSA) is 21.7 Å². The molecule has 3 nitrogen and oxygen atoms in total. The highest BCUT2D eigenvalue weighted by molar-refractivity contribution is 6.00. The molecule has 4 heteroatoms. The molecule has 0 amide bonds. The third-order valence-corrected chi connectivity index (χ3v) is 4.66. The van der Waals surface area contributed by atoms with Crippen molar-refractivity contribution < 1.29 is 9.47 Å². The van der Waals surface area contributed by atoms with E-state index in [1.165, 1.54) is 27.1 Å². The van der Waals surface area contributed by atoms with Crippen molar-refractivity contribution in [1.29, 1.82) is 0 Å². The molecule has 0 saturated carbocycles. The Hall–Kier alpha value is -1.81. The van der Waals surface area contributed by atoms with Crippen LogP contribution < -0.4 is 4.74 Å². The molecule has 1 saturated heterocycles. The van der Waals surface area contributed by atoms with E-state index in [9.17, 15) is 0 Å². The molecule has 0 atom stereocenters. The Kier molecular flexibility index (Phi) is 5.24. The van der Waals surface area contributed by atoms with Crippen molar-refractivity contribution in [2.75, 3.05) is 33.4 Å². The highest BCUT2D eigenvalue weighted by Gasteiger charge is 2.16. The molecule has 24 heavy (non-hydrogen) atoms. The molecule has 0 unspecified atom stereocenters. The number of methoxy groups -OCH3 is 1.